The fraction of sp³-hybridized carbons (Fsp3) is 0.182. The lowest BCUT2D eigenvalue weighted by Crippen LogP contribution is -2.19. The third kappa shape index (κ3) is 3.00. The molecule has 1 amide bonds. The summed E-state index contributed by atoms with van der Waals surface area (Å²) >= 11 is 0. The number of sulfonamides is 1. The number of hydrogen-bond donors (Lipinski definition) is 3. The third-order valence-corrected chi connectivity index (χ3v) is 3.88. The van der Waals surface area contributed by atoms with Gasteiger partial charge >= 0.3 is 0 Å². The number of nitrogens with one attached hydrogen (secondary N) is 3. The van der Waals surface area contributed by atoms with Crippen molar-refractivity contribution in [3.63, 3.8) is 0 Å². The van der Waals surface area contributed by atoms with Crippen LogP contribution in [0.3, 0.4) is 0 Å². The molecule has 0 unspecified atom stereocenters. The lowest BCUT2D eigenvalue weighted by Gasteiger charge is -2.06. The number of aryl methyl sites for hydroxylation is 1. The van der Waals surface area contributed by atoms with Gasteiger partial charge in [0.25, 0.3) is 5.91 Å². The molecule has 9 heteroatoms. The maximum atomic E-state index is 11.8. The van der Waals surface area contributed by atoms with Crippen LogP contribution in [0.2, 0.25) is 0 Å². The van der Waals surface area contributed by atoms with Gasteiger partial charge in [-0.2, -0.15) is 0 Å². The van der Waals surface area contributed by atoms with Crippen LogP contribution in [0.4, 0.5) is 5.69 Å². The van der Waals surface area contributed by atoms with Crippen molar-refractivity contribution in [1.82, 2.24) is 19.9 Å². The average molecular weight is 295 g/mol. The number of nitrogens with zero attached hydrogens (tertiary/aromatic N) is 2. The fourth-order valence-corrected chi connectivity index (χ4v) is 2.27. The molecule has 0 aliphatic carbocycles. The molecule has 0 saturated heterocycles. The summed E-state index contributed by atoms with van der Waals surface area (Å²) in [5, 5.41) is 8.80. The van der Waals surface area contributed by atoms with Crippen molar-refractivity contribution in [3.05, 3.63) is 35.9 Å². The van der Waals surface area contributed by atoms with Gasteiger partial charge in [-0.25, -0.2) is 18.1 Å². The summed E-state index contributed by atoms with van der Waals surface area (Å²) < 4.78 is 25.5. The maximum absolute atomic E-state index is 11.8. The lowest BCUT2D eigenvalue weighted by molar-refractivity contribution is 0.101. The molecule has 1 aromatic heterocycles. The van der Waals surface area contributed by atoms with Gasteiger partial charge in [-0.05, 0) is 32.2 Å². The number of aromatic amines is 1. The van der Waals surface area contributed by atoms with Crippen molar-refractivity contribution in [2.75, 3.05) is 12.4 Å². The first-order valence-corrected chi connectivity index (χ1v) is 7.14. The van der Waals surface area contributed by atoms with Gasteiger partial charge in [-0.1, -0.05) is 6.07 Å². The van der Waals surface area contributed by atoms with Crippen molar-refractivity contribution in [2.24, 2.45) is 0 Å². The Kier molecular flexibility index (Phi) is 3.81. The van der Waals surface area contributed by atoms with E-state index in [1.165, 1.54) is 25.2 Å². The summed E-state index contributed by atoms with van der Waals surface area (Å²) in [4.78, 5) is 15.8. The predicted octanol–water partition coefficient (Wildman–Crippen LogP) is 0.274. The molecule has 0 aliphatic rings. The Bertz CT molecular complexity index is 738. The summed E-state index contributed by atoms with van der Waals surface area (Å²) in [7, 11) is -2.24. The van der Waals surface area contributed by atoms with Crippen LogP contribution in [0.5, 0.6) is 0 Å². The second-order valence-electron chi connectivity index (χ2n) is 3.93. The van der Waals surface area contributed by atoms with Crippen LogP contribution in [-0.2, 0) is 10.0 Å². The summed E-state index contributed by atoms with van der Waals surface area (Å²) in [6, 6.07) is 5.89. The van der Waals surface area contributed by atoms with Gasteiger partial charge in [0.15, 0.2) is 0 Å². The third-order valence-electron chi connectivity index (χ3n) is 2.47. The highest BCUT2D eigenvalue weighted by atomic mass is 32.2. The Morgan fingerprint density at radius 2 is 2.10 bits per heavy atom. The zero-order chi connectivity index (χ0) is 14.8. The first-order valence-electron chi connectivity index (χ1n) is 5.66. The molecular weight excluding hydrogens is 282 g/mol. The Morgan fingerprint density at radius 1 is 1.35 bits per heavy atom. The first-order chi connectivity index (χ1) is 9.42. The van der Waals surface area contributed by atoms with E-state index in [0.717, 1.165) is 0 Å². The molecule has 106 valence electrons. The highest BCUT2D eigenvalue weighted by Crippen LogP contribution is 2.15. The number of carbonyl (C=O) groups excluding carboxylic acids is 1. The van der Waals surface area contributed by atoms with E-state index >= 15 is 0 Å². The van der Waals surface area contributed by atoms with Crippen LogP contribution in [0.15, 0.2) is 29.2 Å². The number of amides is 1. The van der Waals surface area contributed by atoms with E-state index in [4.69, 9.17) is 0 Å². The standard InChI is InChI=1S/C11H13N5O3S/c1-7-13-10(16-15-7)11(17)14-8-4-3-5-9(6-8)20(18,19)12-2/h3-6,12H,1-2H3,(H,14,17)(H,13,15,16). The van der Waals surface area contributed by atoms with Crippen LogP contribution in [0.25, 0.3) is 0 Å². The maximum Gasteiger partial charge on any atom is 0.295 e. The Balaban J connectivity index is 2.23. The van der Waals surface area contributed by atoms with E-state index < -0.39 is 15.9 Å². The fourth-order valence-electron chi connectivity index (χ4n) is 1.49. The number of benzene rings is 1. The van der Waals surface area contributed by atoms with Crippen LogP contribution >= 0.6 is 0 Å². The number of rotatable bonds is 4. The van der Waals surface area contributed by atoms with Crippen molar-refractivity contribution in [3.8, 4) is 0 Å². The van der Waals surface area contributed by atoms with Crippen molar-refractivity contribution >= 4 is 21.6 Å². The number of anilines is 1. The summed E-state index contributed by atoms with van der Waals surface area (Å²) in [6.07, 6.45) is 0. The Morgan fingerprint density at radius 3 is 2.70 bits per heavy atom. The number of carbonyl (C=O) groups is 1. The van der Waals surface area contributed by atoms with E-state index in [1.54, 1.807) is 13.0 Å². The van der Waals surface area contributed by atoms with Crippen LogP contribution in [0.1, 0.15) is 16.4 Å². The second kappa shape index (κ2) is 5.39. The average Bonchev–Trinajstić information content (AvgIpc) is 2.86. The molecule has 3 N–H and O–H groups in total. The Labute approximate surface area is 115 Å². The number of H-pyrrole nitrogens is 1. The van der Waals surface area contributed by atoms with Crippen molar-refractivity contribution in [2.45, 2.75) is 11.8 Å². The molecule has 2 rings (SSSR count). The molecule has 0 spiro atoms. The van der Waals surface area contributed by atoms with Gasteiger partial charge in [0.1, 0.15) is 5.82 Å². The first kappa shape index (κ1) is 14.2. The van der Waals surface area contributed by atoms with E-state index in [-0.39, 0.29) is 10.7 Å². The minimum Gasteiger partial charge on any atom is -0.319 e. The van der Waals surface area contributed by atoms with E-state index in [2.05, 4.69) is 25.2 Å². The normalized spacial score (nSPS) is 11.3. The Hall–Kier alpha value is -2.26. The number of hydrogen-bond acceptors (Lipinski definition) is 5. The summed E-state index contributed by atoms with van der Waals surface area (Å²) in [5.74, 6) is -0.0145. The van der Waals surface area contributed by atoms with Crippen molar-refractivity contribution in [1.29, 1.82) is 0 Å². The smallest absolute Gasteiger partial charge is 0.295 e. The second-order valence-corrected chi connectivity index (χ2v) is 5.82. The molecular formula is C11H13N5O3S. The zero-order valence-corrected chi connectivity index (χ0v) is 11.7. The van der Waals surface area contributed by atoms with Gasteiger partial charge in [0.2, 0.25) is 15.8 Å². The molecule has 0 atom stereocenters. The minimum absolute atomic E-state index is 0.00984. The molecule has 1 aromatic carbocycles. The predicted molar refractivity (Wildman–Crippen MR) is 71.8 cm³/mol. The summed E-state index contributed by atoms with van der Waals surface area (Å²) in [6.45, 7) is 1.67. The quantitative estimate of drug-likeness (QED) is 0.748. The van der Waals surface area contributed by atoms with Gasteiger partial charge < -0.3 is 5.32 Å². The SMILES string of the molecule is CNS(=O)(=O)c1cccc(NC(=O)c2n[nH]c(C)n2)c1. The van der Waals surface area contributed by atoms with Gasteiger partial charge in [-0.15, -0.1) is 5.10 Å². The lowest BCUT2D eigenvalue weighted by atomic mass is 10.3. The molecule has 0 fully saturated rings. The minimum atomic E-state index is -3.56. The molecule has 0 aliphatic heterocycles. The molecule has 1 heterocycles. The van der Waals surface area contributed by atoms with Crippen molar-refractivity contribution < 1.29 is 13.2 Å². The summed E-state index contributed by atoms with van der Waals surface area (Å²) in [5.41, 5.74) is 0.341. The molecule has 0 radical (unpaired) electrons. The van der Waals surface area contributed by atoms with Crippen LogP contribution < -0.4 is 10.0 Å². The molecule has 0 saturated carbocycles. The van der Waals surface area contributed by atoms with E-state index in [9.17, 15) is 13.2 Å². The number of aromatic nitrogens is 3. The van der Waals surface area contributed by atoms with Gasteiger partial charge in [-0.3, -0.25) is 9.89 Å². The molecule has 2 aromatic rings. The van der Waals surface area contributed by atoms with Crippen LogP contribution in [-0.4, -0.2) is 36.6 Å². The monoisotopic (exact) mass is 295 g/mol. The molecule has 8 nitrogen and oxygen atoms in total. The largest absolute Gasteiger partial charge is 0.319 e. The van der Waals surface area contributed by atoms with Gasteiger partial charge in [0, 0.05) is 5.69 Å². The van der Waals surface area contributed by atoms with E-state index in [1.807, 2.05) is 0 Å². The van der Waals surface area contributed by atoms with Crippen LogP contribution in [0, 0.1) is 6.92 Å². The topological polar surface area (TPSA) is 117 Å². The highest BCUT2D eigenvalue weighted by Gasteiger charge is 2.14. The van der Waals surface area contributed by atoms with Gasteiger partial charge in [0.05, 0.1) is 4.90 Å². The van der Waals surface area contributed by atoms with E-state index in [0.29, 0.717) is 11.5 Å². The molecule has 20 heavy (non-hydrogen) atoms. The highest BCUT2D eigenvalue weighted by molar-refractivity contribution is 7.89. The zero-order valence-electron chi connectivity index (χ0n) is 10.8. The molecule has 0 bridgehead atoms.